The molecule has 2 unspecified atom stereocenters. The van der Waals surface area contributed by atoms with E-state index in [0.717, 1.165) is 84.2 Å². The van der Waals surface area contributed by atoms with Crippen molar-refractivity contribution in [3.63, 3.8) is 0 Å². The molecule has 64 heavy (non-hydrogen) atoms. The number of methoxy groups -OCH3 is 1. The SMILES string of the molecule is CCn1c(-c2cc(N3CCN4CCOC[C@@H]4C3)cnc2C(C)OC)c(CC(C)(C)CO)c2cc(N3CCO[C@@H](CC(NC(=O)OC(C)(C)C)C(=O)N4CCC[C@@H](C(=O)O)N4)C3)ccc21. The minimum Gasteiger partial charge on any atom is -0.480 e. The number of aliphatic hydroxyl groups excluding tert-OH is 1. The smallest absolute Gasteiger partial charge is 0.408 e. The number of hydrazine groups is 1. The summed E-state index contributed by atoms with van der Waals surface area (Å²) in [4.78, 5) is 51.3. The first-order valence-electron chi connectivity index (χ1n) is 23.0. The Labute approximate surface area is 377 Å². The monoisotopic (exact) mass is 891 g/mol. The van der Waals surface area contributed by atoms with Gasteiger partial charge in [0.1, 0.15) is 17.7 Å². The van der Waals surface area contributed by atoms with Gasteiger partial charge in [-0.15, -0.1) is 0 Å². The van der Waals surface area contributed by atoms with Crippen molar-refractivity contribution in [1.82, 2.24) is 30.2 Å². The van der Waals surface area contributed by atoms with Crippen molar-refractivity contribution in [1.29, 1.82) is 0 Å². The molecule has 352 valence electrons. The average molecular weight is 891 g/mol. The third-order valence-electron chi connectivity index (χ3n) is 13.0. The number of anilines is 2. The van der Waals surface area contributed by atoms with Crippen molar-refractivity contribution >= 4 is 40.2 Å². The number of fused-ring (bicyclic) bond motifs is 2. The van der Waals surface area contributed by atoms with Crippen molar-refractivity contribution in [3.05, 3.63) is 41.7 Å². The number of carboxylic acids is 1. The minimum absolute atomic E-state index is 0.00452. The molecule has 0 aliphatic carbocycles. The molecule has 4 saturated heterocycles. The number of morpholine rings is 2. The number of amides is 2. The predicted octanol–water partition coefficient (Wildman–Crippen LogP) is 4.58. The van der Waals surface area contributed by atoms with Crippen molar-refractivity contribution in [2.75, 3.05) is 89.2 Å². The number of benzene rings is 1. The number of carboxylic acid groups (broad SMARTS) is 1. The quantitative estimate of drug-likeness (QED) is 0.177. The fourth-order valence-corrected chi connectivity index (χ4v) is 9.54. The minimum atomic E-state index is -1.04. The number of rotatable bonds is 14. The van der Waals surface area contributed by atoms with Gasteiger partial charge in [-0.3, -0.25) is 24.5 Å². The molecule has 4 fully saturated rings. The van der Waals surface area contributed by atoms with Crippen LogP contribution >= 0.6 is 0 Å². The van der Waals surface area contributed by atoms with E-state index >= 15 is 0 Å². The van der Waals surface area contributed by atoms with Gasteiger partial charge in [0, 0.05) is 94.6 Å². The third-order valence-corrected chi connectivity index (χ3v) is 13.0. The van der Waals surface area contributed by atoms with Gasteiger partial charge in [0.2, 0.25) is 0 Å². The van der Waals surface area contributed by atoms with Gasteiger partial charge in [-0.1, -0.05) is 13.8 Å². The van der Waals surface area contributed by atoms with Crippen LogP contribution in [0, 0.1) is 5.41 Å². The molecular formula is C47H70N8O9. The number of alkyl carbamates (subject to hydrolysis) is 1. The summed E-state index contributed by atoms with van der Waals surface area (Å²) in [6.07, 6.45) is 2.16. The summed E-state index contributed by atoms with van der Waals surface area (Å²) in [6, 6.07) is 7.21. The Hall–Kier alpha value is -4.52. The summed E-state index contributed by atoms with van der Waals surface area (Å²) in [5, 5.41) is 25.5. The molecule has 17 nitrogen and oxygen atoms in total. The number of ether oxygens (including phenoxy) is 4. The molecule has 0 radical (unpaired) electrons. The third kappa shape index (κ3) is 10.8. The molecular weight excluding hydrogens is 821 g/mol. The molecule has 0 saturated carbocycles. The van der Waals surface area contributed by atoms with Crippen molar-refractivity contribution in [2.45, 2.75) is 117 Å². The van der Waals surface area contributed by atoms with Crippen LogP contribution in [-0.2, 0) is 41.5 Å². The van der Waals surface area contributed by atoms with E-state index in [0.29, 0.717) is 58.1 Å². The van der Waals surface area contributed by atoms with E-state index in [1.807, 2.05) is 13.1 Å². The first-order valence-corrected chi connectivity index (χ1v) is 23.0. The van der Waals surface area contributed by atoms with Crippen LogP contribution < -0.4 is 20.5 Å². The van der Waals surface area contributed by atoms with E-state index in [4.69, 9.17) is 23.9 Å². The lowest BCUT2D eigenvalue weighted by Crippen LogP contribution is -2.61. The second-order valence-corrected chi connectivity index (χ2v) is 19.5. The zero-order valence-corrected chi connectivity index (χ0v) is 39.0. The Bertz CT molecular complexity index is 2140. The van der Waals surface area contributed by atoms with E-state index in [1.54, 1.807) is 27.9 Å². The molecule has 4 aliphatic rings. The number of piperazine rings is 1. The fraction of sp³-hybridized carbons (Fsp3) is 0.660. The molecule has 2 amide bonds. The Kier molecular flexibility index (Phi) is 14.8. The Morgan fingerprint density at radius 1 is 1.02 bits per heavy atom. The van der Waals surface area contributed by atoms with Gasteiger partial charge in [0.15, 0.2) is 0 Å². The highest BCUT2D eigenvalue weighted by molar-refractivity contribution is 5.95. The number of aliphatic hydroxyl groups is 1. The average Bonchev–Trinajstić information content (AvgIpc) is 3.58. The number of hydrogen-bond acceptors (Lipinski definition) is 13. The van der Waals surface area contributed by atoms with Crippen LogP contribution in [0.3, 0.4) is 0 Å². The summed E-state index contributed by atoms with van der Waals surface area (Å²) < 4.78 is 26.0. The zero-order chi connectivity index (χ0) is 45.9. The maximum Gasteiger partial charge on any atom is 0.408 e. The van der Waals surface area contributed by atoms with Crippen LogP contribution in [0.1, 0.15) is 85.1 Å². The van der Waals surface area contributed by atoms with Gasteiger partial charge >= 0.3 is 12.1 Å². The number of hydrogen-bond donors (Lipinski definition) is 4. The van der Waals surface area contributed by atoms with Gasteiger partial charge in [0.25, 0.3) is 5.91 Å². The molecule has 6 heterocycles. The lowest BCUT2D eigenvalue weighted by molar-refractivity contribution is -0.148. The van der Waals surface area contributed by atoms with Gasteiger partial charge in [-0.2, -0.15) is 0 Å². The number of aryl methyl sites for hydroxylation is 1. The highest BCUT2D eigenvalue weighted by Gasteiger charge is 2.37. The van der Waals surface area contributed by atoms with E-state index in [1.165, 1.54) is 5.01 Å². The van der Waals surface area contributed by atoms with E-state index in [2.05, 4.69) is 75.0 Å². The van der Waals surface area contributed by atoms with E-state index in [-0.39, 0.29) is 19.1 Å². The largest absolute Gasteiger partial charge is 0.480 e. The summed E-state index contributed by atoms with van der Waals surface area (Å²) >= 11 is 0. The summed E-state index contributed by atoms with van der Waals surface area (Å²) in [7, 11) is 1.71. The number of aliphatic carboxylic acids is 1. The normalized spacial score (nSPS) is 22.3. The van der Waals surface area contributed by atoms with Crippen LogP contribution in [0.5, 0.6) is 0 Å². The highest BCUT2D eigenvalue weighted by atomic mass is 16.6. The van der Waals surface area contributed by atoms with E-state index in [9.17, 15) is 24.6 Å². The first kappa shape index (κ1) is 47.4. The fourth-order valence-electron chi connectivity index (χ4n) is 9.54. The maximum absolute atomic E-state index is 14.0. The lowest BCUT2D eigenvalue weighted by Gasteiger charge is -2.44. The molecule has 4 aliphatic heterocycles. The maximum atomic E-state index is 14.0. The van der Waals surface area contributed by atoms with Crippen molar-refractivity contribution in [3.8, 4) is 11.3 Å². The number of nitrogens with zero attached hydrogens (tertiary/aromatic N) is 6. The lowest BCUT2D eigenvalue weighted by atomic mass is 9.84. The van der Waals surface area contributed by atoms with Crippen molar-refractivity contribution in [2.24, 2.45) is 5.41 Å². The second-order valence-electron chi connectivity index (χ2n) is 19.5. The number of nitrogens with one attached hydrogen (secondary N) is 2. The van der Waals surface area contributed by atoms with Crippen LogP contribution in [0.25, 0.3) is 22.2 Å². The van der Waals surface area contributed by atoms with E-state index < -0.39 is 47.2 Å². The molecule has 0 spiro atoms. The predicted molar refractivity (Wildman–Crippen MR) is 244 cm³/mol. The topological polar surface area (TPSA) is 183 Å². The van der Waals surface area contributed by atoms with Crippen LogP contribution in [0.15, 0.2) is 30.5 Å². The van der Waals surface area contributed by atoms with Gasteiger partial charge < -0.3 is 48.8 Å². The highest BCUT2D eigenvalue weighted by Crippen LogP contribution is 2.43. The van der Waals surface area contributed by atoms with Gasteiger partial charge in [-0.05, 0) is 89.1 Å². The molecule has 0 bridgehead atoms. The molecule has 5 atom stereocenters. The van der Waals surface area contributed by atoms with Crippen molar-refractivity contribution < 1.29 is 43.5 Å². The molecule has 4 N–H and O–H groups in total. The summed E-state index contributed by atoms with van der Waals surface area (Å²) in [5.41, 5.74) is 8.77. The molecule has 7 rings (SSSR count). The number of carbonyl (C=O) groups is 3. The number of carbonyl (C=O) groups excluding carboxylic acids is 2. The Balaban J connectivity index is 1.23. The molecule has 3 aromatic rings. The first-order chi connectivity index (χ1) is 30.5. The standard InChI is InChI=1S/C47H70N8O9/c1-9-54-40-13-12-31(53-18-20-63-34(27-53)23-39(49-45(60)64-46(3,4)5)43(57)55-14-10-11-38(50-55)44(58)59)21-35(40)37(24-47(6,7)29-56)42(54)36-22-32(25-48-41(36)30(2)61-8)52-16-15-51-17-19-62-28-33(51)26-52/h12-13,21-22,25,30,33-34,38-39,50,56H,9-11,14-20,23-24,26-29H2,1-8H3,(H,49,60)(H,58,59)/t30?,33-,34-,38-,39?/m0/s1. The van der Waals surface area contributed by atoms with Crippen LogP contribution in [0.2, 0.25) is 0 Å². The Morgan fingerprint density at radius 3 is 2.52 bits per heavy atom. The summed E-state index contributed by atoms with van der Waals surface area (Å²) in [5.74, 6) is -1.49. The number of aromatic nitrogens is 2. The van der Waals surface area contributed by atoms with Gasteiger partial charge in [0.05, 0.1) is 61.3 Å². The Morgan fingerprint density at radius 2 is 1.80 bits per heavy atom. The number of pyridine rings is 1. The van der Waals surface area contributed by atoms with Crippen LogP contribution in [-0.4, -0.2) is 157 Å². The molecule has 17 heteroatoms. The van der Waals surface area contributed by atoms with Gasteiger partial charge in [-0.25, -0.2) is 10.2 Å². The summed E-state index contributed by atoms with van der Waals surface area (Å²) in [6.45, 7) is 21.3. The zero-order valence-electron chi connectivity index (χ0n) is 39.0. The molecule has 1 aromatic carbocycles. The second kappa shape index (κ2) is 19.9. The van der Waals surface area contributed by atoms with Crippen LogP contribution in [0.4, 0.5) is 16.2 Å². The molecule has 2 aromatic heterocycles.